The Hall–Kier alpha value is -2.10. The summed E-state index contributed by atoms with van der Waals surface area (Å²) in [6.45, 7) is 9.95. The number of nitrogens with one attached hydrogen (secondary N) is 2. The van der Waals surface area contributed by atoms with Crippen molar-refractivity contribution in [2.45, 2.75) is 40.7 Å². The van der Waals surface area contributed by atoms with E-state index in [0.717, 1.165) is 42.5 Å². The largest absolute Gasteiger partial charge is 0.370 e. The Morgan fingerprint density at radius 2 is 1.62 bits per heavy atom. The molecule has 2 aromatic rings. The molecule has 0 aliphatic rings. The zero-order chi connectivity index (χ0) is 15.2. The number of benzene rings is 1. The molecule has 0 amide bonds. The maximum Gasteiger partial charge on any atom is 0.135 e. The van der Waals surface area contributed by atoms with Crippen LogP contribution in [0.5, 0.6) is 0 Å². The third kappa shape index (κ3) is 3.94. The second-order valence-electron chi connectivity index (χ2n) is 5.30. The van der Waals surface area contributed by atoms with Crippen LogP contribution in [0.1, 0.15) is 35.9 Å². The molecule has 2 N–H and O–H groups in total. The Morgan fingerprint density at radius 1 is 0.952 bits per heavy atom. The van der Waals surface area contributed by atoms with Gasteiger partial charge in [-0.2, -0.15) is 0 Å². The maximum absolute atomic E-state index is 4.52. The average molecular weight is 284 g/mol. The fourth-order valence-electron chi connectivity index (χ4n) is 2.20. The number of hydrogen-bond acceptors (Lipinski definition) is 4. The number of nitrogens with zero attached hydrogens (tertiary/aromatic N) is 2. The van der Waals surface area contributed by atoms with Crippen LogP contribution >= 0.6 is 0 Å². The third-order valence-corrected chi connectivity index (χ3v) is 3.51. The summed E-state index contributed by atoms with van der Waals surface area (Å²) in [6.07, 6.45) is 1.08. The molecule has 0 radical (unpaired) electrons. The van der Waals surface area contributed by atoms with Crippen molar-refractivity contribution in [3.63, 3.8) is 0 Å². The topological polar surface area (TPSA) is 49.8 Å². The summed E-state index contributed by atoms with van der Waals surface area (Å²) in [4.78, 5) is 9.01. The molecule has 4 heteroatoms. The van der Waals surface area contributed by atoms with Crippen LogP contribution in [0.15, 0.2) is 24.3 Å². The summed E-state index contributed by atoms with van der Waals surface area (Å²) in [7, 11) is 0. The Kier molecular flexibility index (Phi) is 5.14. The van der Waals surface area contributed by atoms with Crippen LogP contribution in [0, 0.1) is 20.8 Å². The lowest BCUT2D eigenvalue weighted by Gasteiger charge is -2.14. The summed E-state index contributed by atoms with van der Waals surface area (Å²) in [5.41, 5.74) is 3.65. The molecule has 0 unspecified atom stereocenters. The number of hydrogen-bond donors (Lipinski definition) is 2. The van der Waals surface area contributed by atoms with Gasteiger partial charge in [-0.3, -0.25) is 0 Å². The molecule has 2 rings (SSSR count). The standard InChI is InChI=1S/C17H24N4/c1-5-10-18-16-13(3)17(21-14(4)20-16)19-11-15-9-7-6-8-12(15)2/h6-9H,5,10-11H2,1-4H3,(H2,18,19,20,21). The molecule has 0 atom stereocenters. The van der Waals surface area contributed by atoms with Crippen LogP contribution in [-0.4, -0.2) is 16.5 Å². The zero-order valence-electron chi connectivity index (χ0n) is 13.3. The lowest BCUT2D eigenvalue weighted by Crippen LogP contribution is -2.11. The number of rotatable bonds is 6. The molecule has 112 valence electrons. The SMILES string of the molecule is CCCNc1nc(C)nc(NCc2ccccc2C)c1C. The third-order valence-electron chi connectivity index (χ3n) is 3.51. The van der Waals surface area contributed by atoms with Gasteiger partial charge in [0.05, 0.1) is 0 Å². The minimum Gasteiger partial charge on any atom is -0.370 e. The molecule has 0 fully saturated rings. The van der Waals surface area contributed by atoms with Gasteiger partial charge in [-0.05, 0) is 38.3 Å². The van der Waals surface area contributed by atoms with Crippen LogP contribution in [0.2, 0.25) is 0 Å². The van der Waals surface area contributed by atoms with Crippen LogP contribution in [0.4, 0.5) is 11.6 Å². The van der Waals surface area contributed by atoms with Crippen LogP contribution in [0.3, 0.4) is 0 Å². The van der Waals surface area contributed by atoms with E-state index in [9.17, 15) is 0 Å². The molecule has 0 spiro atoms. The van der Waals surface area contributed by atoms with E-state index >= 15 is 0 Å². The minimum absolute atomic E-state index is 0.775. The van der Waals surface area contributed by atoms with E-state index < -0.39 is 0 Å². The Morgan fingerprint density at radius 3 is 2.29 bits per heavy atom. The highest BCUT2D eigenvalue weighted by Gasteiger charge is 2.09. The molecular formula is C17H24N4. The average Bonchev–Trinajstić information content (AvgIpc) is 2.47. The van der Waals surface area contributed by atoms with Crippen LogP contribution in [-0.2, 0) is 6.54 Å². The van der Waals surface area contributed by atoms with Crippen molar-refractivity contribution in [3.05, 3.63) is 46.8 Å². The smallest absolute Gasteiger partial charge is 0.135 e. The van der Waals surface area contributed by atoms with E-state index in [1.807, 2.05) is 6.92 Å². The highest BCUT2D eigenvalue weighted by atomic mass is 15.1. The normalized spacial score (nSPS) is 10.5. The van der Waals surface area contributed by atoms with E-state index in [1.54, 1.807) is 0 Å². The van der Waals surface area contributed by atoms with Gasteiger partial charge in [-0.1, -0.05) is 31.2 Å². The fraction of sp³-hybridized carbons (Fsp3) is 0.412. The minimum atomic E-state index is 0.775. The highest BCUT2D eigenvalue weighted by Crippen LogP contribution is 2.21. The monoisotopic (exact) mass is 284 g/mol. The first-order valence-electron chi connectivity index (χ1n) is 7.49. The number of aromatic nitrogens is 2. The molecule has 21 heavy (non-hydrogen) atoms. The lowest BCUT2D eigenvalue weighted by molar-refractivity contribution is 0.941. The van der Waals surface area contributed by atoms with Crippen molar-refractivity contribution < 1.29 is 0 Å². The number of aryl methyl sites for hydroxylation is 2. The first-order chi connectivity index (χ1) is 10.1. The predicted octanol–water partition coefficient (Wildman–Crippen LogP) is 3.84. The van der Waals surface area contributed by atoms with Crippen LogP contribution in [0.25, 0.3) is 0 Å². The van der Waals surface area contributed by atoms with Gasteiger partial charge < -0.3 is 10.6 Å². The molecule has 4 nitrogen and oxygen atoms in total. The van der Waals surface area contributed by atoms with Crippen molar-refractivity contribution >= 4 is 11.6 Å². The summed E-state index contributed by atoms with van der Waals surface area (Å²) >= 11 is 0. The zero-order valence-corrected chi connectivity index (χ0v) is 13.3. The van der Waals surface area contributed by atoms with Crippen molar-refractivity contribution in [1.82, 2.24) is 9.97 Å². The summed E-state index contributed by atoms with van der Waals surface area (Å²) in [5, 5.41) is 6.80. The quantitative estimate of drug-likeness (QED) is 0.846. The van der Waals surface area contributed by atoms with E-state index in [2.05, 4.69) is 65.6 Å². The Labute approximate surface area is 127 Å². The van der Waals surface area contributed by atoms with E-state index in [-0.39, 0.29) is 0 Å². The second kappa shape index (κ2) is 7.07. The first kappa shape index (κ1) is 15.3. The van der Waals surface area contributed by atoms with Crippen LogP contribution < -0.4 is 10.6 Å². The molecule has 0 saturated heterocycles. The van der Waals surface area contributed by atoms with Crippen molar-refractivity contribution in [3.8, 4) is 0 Å². The highest BCUT2D eigenvalue weighted by molar-refractivity contribution is 5.57. The van der Waals surface area contributed by atoms with E-state index in [0.29, 0.717) is 0 Å². The Balaban J connectivity index is 2.16. The van der Waals surface area contributed by atoms with Gasteiger partial charge in [0.1, 0.15) is 17.5 Å². The molecule has 0 aliphatic heterocycles. The Bertz CT molecular complexity index is 608. The molecular weight excluding hydrogens is 260 g/mol. The van der Waals surface area contributed by atoms with Gasteiger partial charge >= 0.3 is 0 Å². The van der Waals surface area contributed by atoms with Gasteiger partial charge in [-0.25, -0.2) is 9.97 Å². The van der Waals surface area contributed by atoms with Gasteiger partial charge in [0, 0.05) is 18.7 Å². The molecule has 1 heterocycles. The summed E-state index contributed by atoms with van der Waals surface area (Å²) in [6, 6.07) is 8.40. The first-order valence-corrected chi connectivity index (χ1v) is 7.49. The molecule has 0 aliphatic carbocycles. The predicted molar refractivity (Wildman–Crippen MR) is 88.8 cm³/mol. The second-order valence-corrected chi connectivity index (χ2v) is 5.30. The maximum atomic E-state index is 4.52. The summed E-state index contributed by atoms with van der Waals surface area (Å²) in [5.74, 6) is 2.62. The molecule has 1 aromatic heterocycles. The van der Waals surface area contributed by atoms with Gasteiger partial charge in [-0.15, -0.1) is 0 Å². The molecule has 0 saturated carbocycles. The molecule has 0 bridgehead atoms. The fourth-order valence-corrected chi connectivity index (χ4v) is 2.20. The molecule has 1 aromatic carbocycles. The van der Waals surface area contributed by atoms with Crippen molar-refractivity contribution in [1.29, 1.82) is 0 Å². The lowest BCUT2D eigenvalue weighted by atomic mass is 10.1. The number of anilines is 2. The van der Waals surface area contributed by atoms with Crippen molar-refractivity contribution in [2.24, 2.45) is 0 Å². The van der Waals surface area contributed by atoms with E-state index in [4.69, 9.17) is 0 Å². The van der Waals surface area contributed by atoms with Gasteiger partial charge in [0.25, 0.3) is 0 Å². The summed E-state index contributed by atoms with van der Waals surface area (Å²) < 4.78 is 0. The van der Waals surface area contributed by atoms with Gasteiger partial charge in [0.2, 0.25) is 0 Å². The van der Waals surface area contributed by atoms with E-state index in [1.165, 1.54) is 11.1 Å². The van der Waals surface area contributed by atoms with Crippen molar-refractivity contribution in [2.75, 3.05) is 17.2 Å². The van der Waals surface area contributed by atoms with Gasteiger partial charge in [0.15, 0.2) is 0 Å².